The average molecular weight is 392 g/mol. The summed E-state index contributed by atoms with van der Waals surface area (Å²) in [6, 6.07) is 0. The maximum absolute atomic E-state index is 11.7. The zero-order valence-electron chi connectivity index (χ0n) is 16.4. The molecule has 0 bridgehead atoms. The van der Waals surface area contributed by atoms with Gasteiger partial charge in [-0.25, -0.2) is 0 Å². The number of aliphatic carboxylic acids is 1. The van der Waals surface area contributed by atoms with Crippen molar-refractivity contribution in [1.82, 2.24) is 5.32 Å². The molecule has 2 N–H and O–H groups in total. The van der Waals surface area contributed by atoms with Crippen LogP contribution in [0.25, 0.3) is 0 Å². The van der Waals surface area contributed by atoms with Crippen molar-refractivity contribution in [1.29, 1.82) is 0 Å². The molecule has 6 heteroatoms. The van der Waals surface area contributed by atoms with Gasteiger partial charge in [0.1, 0.15) is 5.38 Å². The van der Waals surface area contributed by atoms with Crippen LogP contribution in [0.5, 0.6) is 0 Å². The number of amides is 1. The lowest BCUT2D eigenvalue weighted by atomic mass is 10.1. The molecule has 154 valence electrons. The van der Waals surface area contributed by atoms with E-state index in [1.54, 1.807) is 0 Å². The van der Waals surface area contributed by atoms with E-state index in [2.05, 4.69) is 12.2 Å². The molecule has 0 aromatic carbocycles. The Hall–Kier alpha value is -0.810. The summed E-state index contributed by atoms with van der Waals surface area (Å²) in [6.45, 7) is 3.76. The van der Waals surface area contributed by atoms with Crippen molar-refractivity contribution in [2.24, 2.45) is 0 Å². The number of unbranched alkanes of at least 4 members (excludes halogenated alkanes) is 9. The summed E-state index contributed by atoms with van der Waals surface area (Å²) < 4.78 is 5.29. The van der Waals surface area contributed by atoms with Gasteiger partial charge in [0.25, 0.3) is 0 Å². The summed E-state index contributed by atoms with van der Waals surface area (Å²) in [4.78, 5) is 22.2. The molecule has 1 unspecified atom stereocenters. The van der Waals surface area contributed by atoms with Gasteiger partial charge in [-0.2, -0.15) is 0 Å². The van der Waals surface area contributed by atoms with E-state index in [0.29, 0.717) is 26.1 Å². The van der Waals surface area contributed by atoms with Crippen LogP contribution < -0.4 is 5.32 Å². The van der Waals surface area contributed by atoms with E-state index in [1.807, 2.05) is 0 Å². The molecule has 0 aromatic rings. The lowest BCUT2D eigenvalue weighted by molar-refractivity contribution is -0.137. The molecule has 5 nitrogen and oxygen atoms in total. The molecule has 0 spiro atoms. The van der Waals surface area contributed by atoms with Gasteiger partial charge in [0, 0.05) is 26.2 Å². The molecule has 26 heavy (non-hydrogen) atoms. The van der Waals surface area contributed by atoms with Crippen molar-refractivity contribution < 1.29 is 19.4 Å². The number of carboxylic acid groups (broad SMARTS) is 1. The summed E-state index contributed by atoms with van der Waals surface area (Å²) in [5.41, 5.74) is 0. The van der Waals surface area contributed by atoms with Crippen LogP contribution >= 0.6 is 11.6 Å². The number of alkyl halides is 1. The van der Waals surface area contributed by atoms with Gasteiger partial charge in [-0.15, -0.1) is 11.6 Å². The molecule has 0 radical (unpaired) electrons. The van der Waals surface area contributed by atoms with E-state index in [9.17, 15) is 9.59 Å². The third kappa shape index (κ3) is 18.0. The number of rotatable bonds is 19. The van der Waals surface area contributed by atoms with Gasteiger partial charge < -0.3 is 15.2 Å². The van der Waals surface area contributed by atoms with E-state index in [4.69, 9.17) is 21.4 Å². The topological polar surface area (TPSA) is 75.6 Å². The molecule has 0 aliphatic heterocycles. The molecule has 0 aliphatic rings. The fraction of sp³-hybridized carbons (Fsp3) is 0.900. The SMILES string of the molecule is CCCCCCCCCCCCNC(=O)CCCOCCC(Cl)C(=O)O. The molecular weight excluding hydrogens is 354 g/mol. The Morgan fingerprint density at radius 1 is 0.923 bits per heavy atom. The highest BCUT2D eigenvalue weighted by Crippen LogP contribution is 2.10. The third-order valence-electron chi connectivity index (χ3n) is 4.33. The fourth-order valence-electron chi connectivity index (χ4n) is 2.68. The number of halogens is 1. The van der Waals surface area contributed by atoms with Gasteiger partial charge in [0.15, 0.2) is 0 Å². The van der Waals surface area contributed by atoms with Gasteiger partial charge in [-0.05, 0) is 19.3 Å². The van der Waals surface area contributed by atoms with Crippen molar-refractivity contribution in [2.75, 3.05) is 19.8 Å². The first-order valence-corrected chi connectivity index (χ1v) is 10.7. The fourth-order valence-corrected chi connectivity index (χ4v) is 2.76. The second kappa shape index (κ2) is 19.0. The first-order chi connectivity index (χ1) is 12.6. The van der Waals surface area contributed by atoms with E-state index < -0.39 is 11.3 Å². The second-order valence-corrected chi connectivity index (χ2v) is 7.37. The summed E-state index contributed by atoms with van der Waals surface area (Å²) in [6.07, 6.45) is 14.3. The standard InChI is InChI=1S/C20H38ClNO4/c1-2-3-4-5-6-7-8-9-10-11-15-22-19(23)13-12-16-26-17-14-18(21)20(24)25/h18H,2-17H2,1H3,(H,22,23)(H,24,25). The Balaban J connectivity index is 3.24. The van der Waals surface area contributed by atoms with Crippen LogP contribution in [0.3, 0.4) is 0 Å². The molecule has 0 aliphatic carbocycles. The molecule has 0 rings (SSSR count). The Morgan fingerprint density at radius 3 is 2.08 bits per heavy atom. The van der Waals surface area contributed by atoms with Crippen molar-refractivity contribution >= 4 is 23.5 Å². The normalized spacial score (nSPS) is 12.1. The van der Waals surface area contributed by atoms with Crippen molar-refractivity contribution in [2.45, 2.75) is 95.8 Å². The monoisotopic (exact) mass is 391 g/mol. The Kier molecular flexibility index (Phi) is 18.4. The van der Waals surface area contributed by atoms with Crippen LogP contribution in [-0.2, 0) is 14.3 Å². The van der Waals surface area contributed by atoms with Crippen LogP contribution in [0.1, 0.15) is 90.4 Å². The smallest absolute Gasteiger partial charge is 0.321 e. The second-order valence-electron chi connectivity index (χ2n) is 6.84. The quantitative estimate of drug-likeness (QED) is 0.242. The van der Waals surface area contributed by atoms with E-state index in [-0.39, 0.29) is 12.3 Å². The van der Waals surface area contributed by atoms with Gasteiger partial charge in [0.05, 0.1) is 0 Å². The highest BCUT2D eigenvalue weighted by Gasteiger charge is 2.12. The molecular formula is C20H38ClNO4. The zero-order chi connectivity index (χ0) is 19.5. The first kappa shape index (κ1) is 25.2. The van der Waals surface area contributed by atoms with Crippen LogP contribution in [0.15, 0.2) is 0 Å². The molecule has 0 aromatic heterocycles. The summed E-state index contributed by atoms with van der Waals surface area (Å²) in [7, 11) is 0. The van der Waals surface area contributed by atoms with E-state index in [1.165, 1.54) is 57.8 Å². The molecule has 0 fully saturated rings. The summed E-state index contributed by atoms with van der Waals surface area (Å²) in [5.74, 6) is -0.966. The Morgan fingerprint density at radius 2 is 1.50 bits per heavy atom. The highest BCUT2D eigenvalue weighted by atomic mass is 35.5. The lowest BCUT2D eigenvalue weighted by Crippen LogP contribution is -2.24. The molecule has 0 saturated heterocycles. The molecule has 0 heterocycles. The molecule has 1 amide bonds. The number of carboxylic acids is 1. The van der Waals surface area contributed by atoms with Gasteiger partial charge >= 0.3 is 5.97 Å². The van der Waals surface area contributed by atoms with Crippen LogP contribution in [0.4, 0.5) is 0 Å². The predicted molar refractivity (Wildman–Crippen MR) is 107 cm³/mol. The first-order valence-electron chi connectivity index (χ1n) is 10.3. The maximum Gasteiger partial charge on any atom is 0.321 e. The Labute approximate surface area is 164 Å². The van der Waals surface area contributed by atoms with E-state index in [0.717, 1.165) is 13.0 Å². The van der Waals surface area contributed by atoms with Gasteiger partial charge in [0.2, 0.25) is 5.91 Å². The number of hydrogen-bond acceptors (Lipinski definition) is 3. The van der Waals surface area contributed by atoms with Crippen LogP contribution in [-0.4, -0.2) is 42.1 Å². The lowest BCUT2D eigenvalue weighted by Gasteiger charge is -2.07. The molecule has 1 atom stereocenters. The highest BCUT2D eigenvalue weighted by molar-refractivity contribution is 6.29. The zero-order valence-corrected chi connectivity index (χ0v) is 17.2. The minimum absolute atomic E-state index is 0.0604. The average Bonchev–Trinajstić information content (AvgIpc) is 2.62. The number of carbonyl (C=O) groups excluding carboxylic acids is 1. The van der Waals surface area contributed by atoms with Crippen molar-refractivity contribution in [3.05, 3.63) is 0 Å². The van der Waals surface area contributed by atoms with Crippen molar-refractivity contribution in [3.63, 3.8) is 0 Å². The number of carbonyl (C=O) groups is 2. The molecule has 0 saturated carbocycles. The van der Waals surface area contributed by atoms with Gasteiger partial charge in [-0.1, -0.05) is 64.7 Å². The number of hydrogen-bond donors (Lipinski definition) is 2. The van der Waals surface area contributed by atoms with E-state index >= 15 is 0 Å². The van der Waals surface area contributed by atoms with Gasteiger partial charge in [-0.3, -0.25) is 9.59 Å². The summed E-state index contributed by atoms with van der Waals surface area (Å²) >= 11 is 5.57. The van der Waals surface area contributed by atoms with Crippen molar-refractivity contribution in [3.8, 4) is 0 Å². The van der Waals surface area contributed by atoms with Crippen LogP contribution in [0.2, 0.25) is 0 Å². The minimum Gasteiger partial charge on any atom is -0.480 e. The minimum atomic E-state index is -1.03. The largest absolute Gasteiger partial charge is 0.480 e. The maximum atomic E-state index is 11.7. The Bertz CT molecular complexity index is 353. The van der Waals surface area contributed by atoms with Crippen LogP contribution in [0, 0.1) is 0 Å². The predicted octanol–water partition coefficient (Wildman–Crippen LogP) is 4.90. The number of nitrogens with one attached hydrogen (secondary N) is 1. The third-order valence-corrected chi connectivity index (χ3v) is 4.73. The summed E-state index contributed by atoms with van der Waals surface area (Å²) in [5, 5.41) is 10.7. The number of ether oxygens (including phenoxy) is 1.